The first-order valence-corrected chi connectivity index (χ1v) is 9.04. The van der Waals surface area contributed by atoms with E-state index in [1.807, 2.05) is 6.07 Å². The van der Waals surface area contributed by atoms with E-state index in [9.17, 15) is 9.90 Å². The van der Waals surface area contributed by atoms with Gasteiger partial charge in [-0.3, -0.25) is 4.90 Å². The molecule has 1 amide bonds. The smallest absolute Gasteiger partial charge is 0.413 e. The summed E-state index contributed by atoms with van der Waals surface area (Å²) in [4.78, 5) is 24.6. The van der Waals surface area contributed by atoms with Crippen molar-refractivity contribution in [3.63, 3.8) is 0 Å². The van der Waals surface area contributed by atoms with E-state index in [2.05, 4.69) is 38.5 Å². The van der Waals surface area contributed by atoms with Crippen LogP contribution in [0.4, 0.5) is 16.4 Å². The van der Waals surface area contributed by atoms with E-state index in [1.54, 1.807) is 0 Å². The van der Waals surface area contributed by atoms with Gasteiger partial charge in [-0.15, -0.1) is 0 Å². The number of benzene rings is 1. The molecule has 3 N–H and O–H groups in total. The number of carbonyl (C=O) groups is 1. The van der Waals surface area contributed by atoms with Gasteiger partial charge in [0, 0.05) is 22.6 Å². The quantitative estimate of drug-likeness (QED) is 0.645. The number of hydrogen-bond acceptors (Lipinski definition) is 5. The predicted octanol–water partition coefficient (Wildman–Crippen LogP) is 2.80. The number of anilines is 2. The summed E-state index contributed by atoms with van der Waals surface area (Å²) in [6, 6.07) is 8.54. The van der Waals surface area contributed by atoms with Crippen LogP contribution in [0.2, 0.25) is 0 Å². The van der Waals surface area contributed by atoms with Gasteiger partial charge in [-0.25, -0.2) is 14.8 Å². The minimum absolute atomic E-state index is 0.194. The Labute approximate surface area is 155 Å². The molecule has 0 saturated heterocycles. The maximum absolute atomic E-state index is 11.4. The predicted molar refractivity (Wildman–Crippen MR) is 101 cm³/mol. The van der Waals surface area contributed by atoms with Crippen molar-refractivity contribution < 1.29 is 14.6 Å². The number of aromatic amines is 1. The number of nitrogens with zero attached hydrogens (tertiary/aromatic N) is 3. The monoisotopic (exact) mass is 365 g/mol. The Kier molecular flexibility index (Phi) is 3.63. The standard InChI is InChI=1S/C19H19N5O3/c25-19(26)24-7-8-27-16-17(20-10-21-18(16)24)22-11-5-6-15-13(9-11)12-3-1-2-4-14(12)23-15/h1-4,10-11,23H,5-9H2,(H,25,26)(H,20,21,22)/t11-/m1/s1. The van der Waals surface area contributed by atoms with Gasteiger partial charge in [0.2, 0.25) is 5.75 Å². The molecule has 2 aromatic heterocycles. The number of ether oxygens (including phenoxy) is 1. The van der Waals surface area contributed by atoms with E-state index in [1.165, 1.54) is 33.4 Å². The van der Waals surface area contributed by atoms with Gasteiger partial charge in [0.25, 0.3) is 0 Å². The van der Waals surface area contributed by atoms with Crippen molar-refractivity contribution in [2.45, 2.75) is 25.3 Å². The Morgan fingerprint density at radius 2 is 2.22 bits per heavy atom. The molecule has 3 heterocycles. The third-order valence-corrected chi connectivity index (χ3v) is 5.27. The second-order valence-corrected chi connectivity index (χ2v) is 6.87. The highest BCUT2D eigenvalue weighted by Crippen LogP contribution is 2.37. The molecular formula is C19H19N5O3. The van der Waals surface area contributed by atoms with Gasteiger partial charge in [-0.1, -0.05) is 18.2 Å². The summed E-state index contributed by atoms with van der Waals surface area (Å²) in [5, 5.41) is 14.1. The molecule has 138 valence electrons. The van der Waals surface area contributed by atoms with Crippen LogP contribution in [-0.2, 0) is 12.8 Å². The molecule has 0 radical (unpaired) electrons. The number of hydrogen-bond donors (Lipinski definition) is 3. The molecule has 0 saturated carbocycles. The fourth-order valence-electron chi connectivity index (χ4n) is 4.01. The molecule has 0 fully saturated rings. The molecular weight excluding hydrogens is 346 g/mol. The van der Waals surface area contributed by atoms with Gasteiger partial charge >= 0.3 is 6.09 Å². The molecule has 2 aliphatic rings. The summed E-state index contributed by atoms with van der Waals surface area (Å²) in [6.07, 6.45) is 3.13. The van der Waals surface area contributed by atoms with Crippen molar-refractivity contribution >= 4 is 28.6 Å². The van der Waals surface area contributed by atoms with Crippen LogP contribution in [0.5, 0.6) is 5.75 Å². The average molecular weight is 365 g/mol. The van der Waals surface area contributed by atoms with Crippen LogP contribution in [0.25, 0.3) is 10.9 Å². The van der Waals surface area contributed by atoms with Crippen molar-refractivity contribution in [3.05, 3.63) is 41.9 Å². The van der Waals surface area contributed by atoms with Gasteiger partial charge in [-0.05, 0) is 30.9 Å². The Morgan fingerprint density at radius 1 is 1.33 bits per heavy atom. The molecule has 1 atom stereocenters. The number of amides is 1. The van der Waals surface area contributed by atoms with Crippen molar-refractivity contribution in [2.24, 2.45) is 0 Å². The maximum atomic E-state index is 11.4. The average Bonchev–Trinajstić information content (AvgIpc) is 3.06. The first kappa shape index (κ1) is 15.9. The van der Waals surface area contributed by atoms with Gasteiger partial charge in [-0.2, -0.15) is 0 Å². The van der Waals surface area contributed by atoms with Crippen LogP contribution in [0.15, 0.2) is 30.6 Å². The van der Waals surface area contributed by atoms with E-state index in [0.29, 0.717) is 24.0 Å². The van der Waals surface area contributed by atoms with Crippen molar-refractivity contribution in [1.82, 2.24) is 15.0 Å². The fourth-order valence-corrected chi connectivity index (χ4v) is 4.01. The lowest BCUT2D eigenvalue weighted by Crippen LogP contribution is -2.38. The SMILES string of the molecule is O=C(O)N1CCOc2c(N[C@@H]3CCc4[nH]c5ccccc5c4C3)ncnc21. The third-order valence-electron chi connectivity index (χ3n) is 5.27. The van der Waals surface area contributed by atoms with Crippen molar-refractivity contribution in [1.29, 1.82) is 0 Å². The van der Waals surface area contributed by atoms with Crippen LogP contribution in [-0.4, -0.2) is 45.3 Å². The third kappa shape index (κ3) is 2.64. The molecule has 1 aliphatic carbocycles. The van der Waals surface area contributed by atoms with E-state index in [4.69, 9.17) is 4.74 Å². The Balaban J connectivity index is 1.44. The van der Waals surface area contributed by atoms with Crippen LogP contribution < -0.4 is 15.0 Å². The summed E-state index contributed by atoms with van der Waals surface area (Å²) in [6.45, 7) is 0.555. The zero-order chi connectivity index (χ0) is 18.4. The minimum Gasteiger partial charge on any atom is -0.485 e. The summed E-state index contributed by atoms with van der Waals surface area (Å²) < 4.78 is 5.70. The van der Waals surface area contributed by atoms with Gasteiger partial charge in [0.05, 0.1) is 6.54 Å². The van der Waals surface area contributed by atoms with Crippen LogP contribution in [0, 0.1) is 0 Å². The van der Waals surface area contributed by atoms with Crippen molar-refractivity contribution in [2.75, 3.05) is 23.4 Å². The number of fused-ring (bicyclic) bond motifs is 4. The zero-order valence-corrected chi connectivity index (χ0v) is 14.6. The molecule has 8 heteroatoms. The first-order valence-electron chi connectivity index (χ1n) is 9.04. The number of carboxylic acid groups (broad SMARTS) is 1. The van der Waals surface area contributed by atoms with E-state index < -0.39 is 6.09 Å². The fraction of sp³-hybridized carbons (Fsp3) is 0.316. The zero-order valence-electron chi connectivity index (χ0n) is 14.6. The number of aromatic nitrogens is 3. The Hall–Kier alpha value is -3.29. The molecule has 27 heavy (non-hydrogen) atoms. The lowest BCUT2D eigenvalue weighted by molar-refractivity contribution is 0.196. The van der Waals surface area contributed by atoms with Crippen LogP contribution >= 0.6 is 0 Å². The summed E-state index contributed by atoms with van der Waals surface area (Å²) in [5.41, 5.74) is 3.81. The minimum atomic E-state index is -1.04. The summed E-state index contributed by atoms with van der Waals surface area (Å²) in [5.74, 6) is 1.27. The second kappa shape index (κ2) is 6.15. The van der Waals surface area contributed by atoms with Gasteiger partial charge in [0.1, 0.15) is 12.9 Å². The van der Waals surface area contributed by atoms with Gasteiger partial charge in [0.15, 0.2) is 11.6 Å². The number of aryl methyl sites for hydroxylation is 1. The van der Waals surface area contributed by atoms with Crippen LogP contribution in [0.1, 0.15) is 17.7 Å². The molecule has 1 aromatic carbocycles. The Bertz CT molecular complexity index is 1030. The highest BCUT2D eigenvalue weighted by Gasteiger charge is 2.29. The highest BCUT2D eigenvalue weighted by molar-refractivity contribution is 5.89. The number of para-hydroxylation sites is 1. The lowest BCUT2D eigenvalue weighted by atomic mass is 9.91. The molecule has 1 aliphatic heterocycles. The molecule has 0 spiro atoms. The van der Waals surface area contributed by atoms with Crippen LogP contribution in [0.3, 0.4) is 0 Å². The van der Waals surface area contributed by atoms with E-state index >= 15 is 0 Å². The number of rotatable bonds is 2. The molecule has 3 aromatic rings. The second-order valence-electron chi connectivity index (χ2n) is 6.87. The van der Waals surface area contributed by atoms with E-state index in [0.717, 1.165) is 19.3 Å². The van der Waals surface area contributed by atoms with Crippen molar-refractivity contribution in [3.8, 4) is 5.75 Å². The maximum Gasteiger partial charge on any atom is 0.413 e. The highest BCUT2D eigenvalue weighted by atomic mass is 16.5. The van der Waals surface area contributed by atoms with Gasteiger partial charge < -0.3 is 20.1 Å². The molecule has 8 nitrogen and oxygen atoms in total. The summed E-state index contributed by atoms with van der Waals surface area (Å²) >= 11 is 0. The normalized spacial score (nSPS) is 18.5. The topological polar surface area (TPSA) is 103 Å². The first-order chi connectivity index (χ1) is 13.2. The number of H-pyrrole nitrogens is 1. The lowest BCUT2D eigenvalue weighted by Gasteiger charge is -2.29. The molecule has 0 bridgehead atoms. The largest absolute Gasteiger partial charge is 0.485 e. The molecule has 0 unspecified atom stereocenters. The number of nitrogens with one attached hydrogen (secondary N) is 2. The molecule has 5 rings (SSSR count). The Morgan fingerprint density at radius 3 is 3.11 bits per heavy atom. The summed E-state index contributed by atoms with van der Waals surface area (Å²) in [7, 11) is 0. The van der Waals surface area contributed by atoms with E-state index in [-0.39, 0.29) is 12.6 Å².